The van der Waals surface area contributed by atoms with E-state index in [1.54, 1.807) is 0 Å². The fourth-order valence-corrected chi connectivity index (χ4v) is 5.30. The molecule has 0 amide bonds. The van der Waals surface area contributed by atoms with Crippen molar-refractivity contribution in [2.45, 2.75) is 95.8 Å². The van der Waals surface area contributed by atoms with E-state index in [4.69, 9.17) is 4.99 Å². The highest BCUT2D eigenvalue weighted by atomic mass is 32.2. The molecule has 1 nitrogen and oxygen atoms in total. The van der Waals surface area contributed by atoms with Crippen LogP contribution in [0.4, 0.5) is 0 Å². The van der Waals surface area contributed by atoms with Crippen molar-refractivity contribution in [2.24, 2.45) is 16.8 Å². The predicted octanol–water partition coefficient (Wildman–Crippen LogP) is 6.08. The molecule has 2 rings (SSSR count). The standard InChI is InChI=1S/C18H33NS/c1-3-5-10-15-12-8-7-9-13-16(11-6-4-2)18-17(15)19-14-20-18/h14-18H,3-13H2,1-2H3. The monoisotopic (exact) mass is 295 g/mol. The van der Waals surface area contributed by atoms with Crippen LogP contribution in [0.2, 0.25) is 0 Å². The van der Waals surface area contributed by atoms with Crippen LogP contribution in [-0.4, -0.2) is 16.8 Å². The summed E-state index contributed by atoms with van der Waals surface area (Å²) in [6, 6.07) is 0.645. The van der Waals surface area contributed by atoms with Crippen molar-refractivity contribution < 1.29 is 0 Å². The SMILES string of the molecule is CCCCC1CCCCCC(CCCC)C2SC=NC12. The minimum atomic E-state index is 0.645. The van der Waals surface area contributed by atoms with Crippen molar-refractivity contribution in [1.82, 2.24) is 0 Å². The molecule has 1 fully saturated rings. The first-order chi connectivity index (χ1) is 9.86. The lowest BCUT2D eigenvalue weighted by Crippen LogP contribution is -2.32. The van der Waals surface area contributed by atoms with Gasteiger partial charge in [-0.1, -0.05) is 58.8 Å². The molecule has 1 aliphatic carbocycles. The lowest BCUT2D eigenvalue weighted by atomic mass is 9.83. The zero-order valence-corrected chi connectivity index (χ0v) is 14.3. The Morgan fingerprint density at radius 1 is 0.950 bits per heavy atom. The molecule has 0 bridgehead atoms. The number of unbranched alkanes of at least 4 members (excludes halogenated alkanes) is 2. The van der Waals surface area contributed by atoms with Gasteiger partial charge in [-0.3, -0.25) is 4.99 Å². The Hall–Kier alpha value is 0.0200. The molecule has 0 aromatic carbocycles. The first kappa shape index (κ1) is 16.4. The maximum Gasteiger partial charge on any atom is 0.0658 e. The van der Waals surface area contributed by atoms with E-state index in [0.29, 0.717) is 6.04 Å². The summed E-state index contributed by atoms with van der Waals surface area (Å²) in [7, 11) is 0. The lowest BCUT2D eigenvalue weighted by Gasteiger charge is -2.31. The highest BCUT2D eigenvalue weighted by molar-refractivity contribution is 8.12. The van der Waals surface area contributed by atoms with Gasteiger partial charge in [0, 0.05) is 5.25 Å². The average Bonchev–Trinajstić information content (AvgIpc) is 2.94. The molecule has 0 aromatic heterocycles. The first-order valence-corrected chi connectivity index (χ1v) is 9.98. The summed E-state index contributed by atoms with van der Waals surface area (Å²) < 4.78 is 0. The Bertz CT molecular complexity index is 289. The summed E-state index contributed by atoms with van der Waals surface area (Å²) >= 11 is 2.06. The second-order valence-corrected chi connectivity index (χ2v) is 7.82. The maximum absolute atomic E-state index is 4.93. The van der Waals surface area contributed by atoms with Crippen LogP contribution in [0.25, 0.3) is 0 Å². The van der Waals surface area contributed by atoms with E-state index in [1.807, 2.05) is 0 Å². The number of thioether (sulfide) groups is 1. The normalized spacial score (nSPS) is 34.3. The molecular weight excluding hydrogens is 262 g/mol. The second-order valence-electron chi connectivity index (χ2n) is 6.79. The fraction of sp³-hybridized carbons (Fsp3) is 0.944. The molecule has 20 heavy (non-hydrogen) atoms. The van der Waals surface area contributed by atoms with E-state index in [0.717, 1.165) is 17.1 Å². The predicted molar refractivity (Wildman–Crippen MR) is 92.8 cm³/mol. The van der Waals surface area contributed by atoms with Crippen LogP contribution >= 0.6 is 11.8 Å². The van der Waals surface area contributed by atoms with Gasteiger partial charge in [-0.05, 0) is 37.5 Å². The van der Waals surface area contributed by atoms with Crippen LogP contribution in [0.3, 0.4) is 0 Å². The number of hydrogen-bond acceptors (Lipinski definition) is 2. The van der Waals surface area contributed by atoms with Crippen molar-refractivity contribution >= 4 is 17.3 Å². The van der Waals surface area contributed by atoms with Crippen molar-refractivity contribution in [2.75, 3.05) is 0 Å². The molecule has 1 saturated carbocycles. The third kappa shape index (κ3) is 4.51. The zero-order valence-electron chi connectivity index (χ0n) is 13.5. The molecule has 1 aliphatic heterocycles. The van der Waals surface area contributed by atoms with E-state index in [2.05, 4.69) is 31.2 Å². The van der Waals surface area contributed by atoms with E-state index in [1.165, 1.54) is 70.6 Å². The highest BCUT2D eigenvalue weighted by Crippen LogP contribution is 2.41. The second kappa shape index (κ2) is 9.12. The first-order valence-electron chi connectivity index (χ1n) is 9.04. The minimum Gasteiger partial charge on any atom is -0.282 e. The molecule has 0 aromatic rings. The van der Waals surface area contributed by atoms with Crippen LogP contribution in [0, 0.1) is 11.8 Å². The Morgan fingerprint density at radius 3 is 2.30 bits per heavy atom. The van der Waals surface area contributed by atoms with Crippen molar-refractivity contribution in [3.8, 4) is 0 Å². The Balaban J connectivity index is 2.03. The summed E-state index contributed by atoms with van der Waals surface area (Å²) in [5.74, 6) is 1.79. The van der Waals surface area contributed by atoms with Gasteiger partial charge in [-0.15, -0.1) is 11.8 Å². The molecule has 0 radical (unpaired) electrons. The number of hydrogen-bond donors (Lipinski definition) is 0. The molecular formula is C18H33NS. The molecule has 4 unspecified atom stereocenters. The van der Waals surface area contributed by atoms with E-state index >= 15 is 0 Å². The fourth-order valence-electron chi connectivity index (χ4n) is 4.00. The molecule has 2 heteroatoms. The summed E-state index contributed by atoms with van der Waals surface area (Å²) in [6.45, 7) is 4.65. The van der Waals surface area contributed by atoms with Crippen molar-refractivity contribution in [1.29, 1.82) is 0 Å². The van der Waals surface area contributed by atoms with Crippen LogP contribution in [0.15, 0.2) is 4.99 Å². The molecule has 4 atom stereocenters. The molecule has 116 valence electrons. The molecule has 0 spiro atoms. The minimum absolute atomic E-state index is 0.645. The van der Waals surface area contributed by atoms with Gasteiger partial charge in [-0.2, -0.15) is 0 Å². The summed E-state index contributed by atoms with van der Waals surface area (Å²) in [6.07, 6.45) is 15.6. The quantitative estimate of drug-likeness (QED) is 0.579. The van der Waals surface area contributed by atoms with Gasteiger partial charge in [-0.25, -0.2) is 0 Å². The largest absolute Gasteiger partial charge is 0.282 e. The van der Waals surface area contributed by atoms with E-state index in [9.17, 15) is 0 Å². The molecule has 1 heterocycles. The summed E-state index contributed by atoms with van der Waals surface area (Å²) in [5, 5.41) is 0.807. The van der Waals surface area contributed by atoms with Gasteiger partial charge in [0.25, 0.3) is 0 Å². The number of aliphatic imine (C=N–C) groups is 1. The van der Waals surface area contributed by atoms with Crippen molar-refractivity contribution in [3.05, 3.63) is 0 Å². The third-order valence-electron chi connectivity index (χ3n) is 5.24. The summed E-state index contributed by atoms with van der Waals surface area (Å²) in [4.78, 5) is 4.93. The zero-order chi connectivity index (χ0) is 14.2. The Labute approximate surface area is 130 Å². The molecule has 0 saturated heterocycles. The lowest BCUT2D eigenvalue weighted by molar-refractivity contribution is 0.311. The number of fused-ring (bicyclic) bond motifs is 1. The molecule has 2 aliphatic rings. The van der Waals surface area contributed by atoms with Gasteiger partial charge >= 0.3 is 0 Å². The van der Waals surface area contributed by atoms with Gasteiger partial charge in [0.2, 0.25) is 0 Å². The smallest absolute Gasteiger partial charge is 0.0658 e. The van der Waals surface area contributed by atoms with Crippen LogP contribution < -0.4 is 0 Å². The average molecular weight is 296 g/mol. The van der Waals surface area contributed by atoms with Gasteiger partial charge in [0.1, 0.15) is 0 Å². The summed E-state index contributed by atoms with van der Waals surface area (Å²) in [5.41, 5.74) is 2.19. The van der Waals surface area contributed by atoms with Crippen LogP contribution in [0.1, 0.15) is 84.5 Å². The van der Waals surface area contributed by atoms with E-state index < -0.39 is 0 Å². The van der Waals surface area contributed by atoms with Gasteiger partial charge in [0.05, 0.1) is 11.6 Å². The highest BCUT2D eigenvalue weighted by Gasteiger charge is 2.37. The number of rotatable bonds is 6. The third-order valence-corrected chi connectivity index (χ3v) is 6.46. The van der Waals surface area contributed by atoms with Crippen LogP contribution in [0.5, 0.6) is 0 Å². The number of nitrogens with zero attached hydrogens (tertiary/aromatic N) is 1. The molecule has 0 N–H and O–H groups in total. The van der Waals surface area contributed by atoms with Gasteiger partial charge < -0.3 is 0 Å². The maximum atomic E-state index is 4.93. The van der Waals surface area contributed by atoms with Crippen molar-refractivity contribution in [3.63, 3.8) is 0 Å². The Morgan fingerprint density at radius 2 is 1.60 bits per heavy atom. The topological polar surface area (TPSA) is 12.4 Å². The Kier molecular flexibility index (Phi) is 7.48. The van der Waals surface area contributed by atoms with Crippen LogP contribution in [-0.2, 0) is 0 Å². The van der Waals surface area contributed by atoms with Gasteiger partial charge in [0.15, 0.2) is 0 Å². The van der Waals surface area contributed by atoms with E-state index in [-0.39, 0.29) is 0 Å².